The van der Waals surface area contributed by atoms with Crippen LogP contribution in [0.15, 0.2) is 18.2 Å². The third kappa shape index (κ3) is 3.11. The molecule has 2 nitrogen and oxygen atoms in total. The van der Waals surface area contributed by atoms with Crippen LogP contribution in [0.5, 0.6) is 0 Å². The number of halogens is 2. The molecule has 0 amide bonds. The Labute approximate surface area is 139 Å². The molecule has 1 aromatic carbocycles. The van der Waals surface area contributed by atoms with Gasteiger partial charge in [-0.05, 0) is 44.4 Å². The summed E-state index contributed by atoms with van der Waals surface area (Å²) < 4.78 is 0. The summed E-state index contributed by atoms with van der Waals surface area (Å²) in [6.45, 7) is 3.24. The van der Waals surface area contributed by atoms with Gasteiger partial charge >= 0.3 is 0 Å². The lowest BCUT2D eigenvalue weighted by molar-refractivity contribution is 0.465. The van der Waals surface area contributed by atoms with Crippen molar-refractivity contribution in [3.8, 4) is 10.6 Å². The van der Waals surface area contributed by atoms with Gasteiger partial charge in [0.2, 0.25) is 0 Å². The Kier molecular flexibility index (Phi) is 4.85. The fraction of sp³-hybridized carbons (Fsp3) is 0.438. The molecule has 1 unspecified atom stereocenters. The van der Waals surface area contributed by atoms with Crippen molar-refractivity contribution in [1.29, 1.82) is 0 Å². The Morgan fingerprint density at radius 3 is 2.81 bits per heavy atom. The van der Waals surface area contributed by atoms with E-state index in [1.807, 2.05) is 18.2 Å². The van der Waals surface area contributed by atoms with Crippen LogP contribution in [-0.2, 0) is 6.42 Å². The number of aromatic nitrogens is 1. The number of aryl methyl sites for hydroxylation is 1. The van der Waals surface area contributed by atoms with Gasteiger partial charge < -0.3 is 5.32 Å². The largest absolute Gasteiger partial charge is 0.309 e. The van der Waals surface area contributed by atoms with Crippen molar-refractivity contribution in [2.45, 2.75) is 38.6 Å². The van der Waals surface area contributed by atoms with Crippen molar-refractivity contribution in [2.75, 3.05) is 6.54 Å². The molecule has 0 saturated heterocycles. The standard InChI is InChI=1S/C16H18Cl2N2S/c1-2-9-19-12-7-4-8-13-15(12)21-16(20-13)14-10(17)5-3-6-11(14)18/h3,5-6,12,19H,2,4,7-9H2,1H3. The molecular formula is C16H18Cl2N2S. The highest BCUT2D eigenvalue weighted by atomic mass is 35.5. The van der Waals surface area contributed by atoms with E-state index in [-0.39, 0.29) is 0 Å². The first-order chi connectivity index (χ1) is 10.2. The topological polar surface area (TPSA) is 24.9 Å². The third-order valence-corrected chi connectivity index (χ3v) is 5.63. The number of thiazole rings is 1. The van der Waals surface area contributed by atoms with E-state index in [1.165, 1.54) is 23.4 Å². The quantitative estimate of drug-likeness (QED) is 0.795. The maximum atomic E-state index is 6.31. The maximum absolute atomic E-state index is 6.31. The Morgan fingerprint density at radius 2 is 2.10 bits per heavy atom. The molecule has 1 aromatic heterocycles. The van der Waals surface area contributed by atoms with Gasteiger partial charge in [-0.3, -0.25) is 0 Å². The van der Waals surface area contributed by atoms with Crippen LogP contribution in [0, 0.1) is 0 Å². The SMILES string of the molecule is CCCNC1CCCc2nc(-c3c(Cl)cccc3Cl)sc21. The van der Waals surface area contributed by atoms with E-state index in [0.717, 1.165) is 30.0 Å². The number of rotatable bonds is 4. The van der Waals surface area contributed by atoms with Gasteiger partial charge in [-0.15, -0.1) is 11.3 Å². The highest BCUT2D eigenvalue weighted by molar-refractivity contribution is 7.15. The summed E-state index contributed by atoms with van der Waals surface area (Å²) >= 11 is 14.4. The molecule has 0 bridgehead atoms. The fourth-order valence-corrected chi connectivity index (χ4v) is 4.73. The molecule has 1 aliphatic rings. The van der Waals surface area contributed by atoms with Gasteiger partial charge in [0.1, 0.15) is 5.01 Å². The molecule has 0 radical (unpaired) electrons. The van der Waals surface area contributed by atoms with Crippen LogP contribution in [0.3, 0.4) is 0 Å². The molecule has 2 aromatic rings. The molecular weight excluding hydrogens is 323 g/mol. The number of nitrogens with zero attached hydrogens (tertiary/aromatic N) is 1. The number of benzene rings is 1. The first-order valence-corrected chi connectivity index (χ1v) is 8.95. The molecule has 21 heavy (non-hydrogen) atoms. The van der Waals surface area contributed by atoms with Gasteiger partial charge in [-0.25, -0.2) is 4.98 Å². The summed E-state index contributed by atoms with van der Waals surface area (Å²) in [7, 11) is 0. The zero-order chi connectivity index (χ0) is 14.8. The van der Waals surface area contributed by atoms with Crippen LogP contribution in [0.1, 0.15) is 42.8 Å². The first kappa shape index (κ1) is 15.3. The molecule has 0 fully saturated rings. The Hall–Kier alpha value is -0.610. The Bertz CT molecular complexity index is 619. The average Bonchev–Trinajstić information content (AvgIpc) is 2.89. The van der Waals surface area contributed by atoms with E-state index in [4.69, 9.17) is 28.2 Å². The van der Waals surface area contributed by atoms with Gasteiger partial charge in [-0.2, -0.15) is 0 Å². The van der Waals surface area contributed by atoms with Crippen LogP contribution in [0.25, 0.3) is 10.6 Å². The van der Waals surface area contributed by atoms with Gasteiger partial charge in [0.15, 0.2) is 0 Å². The maximum Gasteiger partial charge on any atom is 0.126 e. The highest BCUT2D eigenvalue weighted by Crippen LogP contribution is 2.42. The van der Waals surface area contributed by atoms with Crippen molar-refractivity contribution in [1.82, 2.24) is 10.3 Å². The van der Waals surface area contributed by atoms with E-state index in [0.29, 0.717) is 16.1 Å². The van der Waals surface area contributed by atoms with Crippen molar-refractivity contribution in [3.63, 3.8) is 0 Å². The molecule has 1 aliphatic carbocycles. The minimum absolute atomic E-state index is 0.432. The van der Waals surface area contributed by atoms with Crippen LogP contribution in [0.2, 0.25) is 10.0 Å². The molecule has 0 saturated carbocycles. The van der Waals surface area contributed by atoms with Crippen molar-refractivity contribution < 1.29 is 0 Å². The second-order valence-electron chi connectivity index (χ2n) is 5.33. The summed E-state index contributed by atoms with van der Waals surface area (Å²) in [5.74, 6) is 0. The lowest BCUT2D eigenvalue weighted by Gasteiger charge is -2.22. The molecule has 3 rings (SSSR count). The molecule has 1 atom stereocenters. The number of hydrogen-bond donors (Lipinski definition) is 1. The summed E-state index contributed by atoms with van der Waals surface area (Å²) in [5.41, 5.74) is 2.08. The van der Waals surface area contributed by atoms with Crippen LogP contribution < -0.4 is 5.32 Å². The van der Waals surface area contributed by atoms with Gasteiger partial charge in [0.05, 0.1) is 15.7 Å². The minimum Gasteiger partial charge on any atom is -0.309 e. The lowest BCUT2D eigenvalue weighted by Crippen LogP contribution is -2.24. The van der Waals surface area contributed by atoms with Crippen LogP contribution in [0.4, 0.5) is 0 Å². The average molecular weight is 341 g/mol. The highest BCUT2D eigenvalue weighted by Gasteiger charge is 2.25. The Balaban J connectivity index is 1.98. The van der Waals surface area contributed by atoms with Crippen molar-refractivity contribution in [2.24, 2.45) is 0 Å². The summed E-state index contributed by atoms with van der Waals surface area (Å²) in [4.78, 5) is 6.17. The van der Waals surface area contributed by atoms with E-state index in [1.54, 1.807) is 11.3 Å². The lowest BCUT2D eigenvalue weighted by atomic mass is 9.98. The summed E-state index contributed by atoms with van der Waals surface area (Å²) in [6.07, 6.45) is 4.57. The minimum atomic E-state index is 0.432. The van der Waals surface area contributed by atoms with E-state index in [9.17, 15) is 0 Å². The predicted octanol–water partition coefficient (Wildman–Crippen LogP) is 5.49. The molecule has 1 N–H and O–H groups in total. The molecule has 5 heteroatoms. The van der Waals surface area contributed by atoms with Crippen molar-refractivity contribution >= 4 is 34.5 Å². The van der Waals surface area contributed by atoms with E-state index < -0.39 is 0 Å². The second kappa shape index (κ2) is 6.66. The Morgan fingerprint density at radius 1 is 1.33 bits per heavy atom. The smallest absolute Gasteiger partial charge is 0.126 e. The van der Waals surface area contributed by atoms with Gasteiger partial charge in [0.25, 0.3) is 0 Å². The fourth-order valence-electron chi connectivity index (χ4n) is 2.74. The zero-order valence-corrected chi connectivity index (χ0v) is 14.3. The van der Waals surface area contributed by atoms with Crippen molar-refractivity contribution in [3.05, 3.63) is 38.8 Å². The van der Waals surface area contributed by atoms with Crippen LogP contribution in [-0.4, -0.2) is 11.5 Å². The zero-order valence-electron chi connectivity index (χ0n) is 12.0. The van der Waals surface area contributed by atoms with Crippen LogP contribution >= 0.6 is 34.5 Å². The molecule has 112 valence electrons. The van der Waals surface area contributed by atoms with Gasteiger partial charge in [-0.1, -0.05) is 36.2 Å². The van der Waals surface area contributed by atoms with Gasteiger partial charge in [0, 0.05) is 16.5 Å². The molecule has 0 spiro atoms. The predicted molar refractivity (Wildman–Crippen MR) is 91.5 cm³/mol. The summed E-state index contributed by atoms with van der Waals surface area (Å²) in [5, 5.41) is 5.92. The monoisotopic (exact) mass is 340 g/mol. The van der Waals surface area contributed by atoms with E-state index >= 15 is 0 Å². The van der Waals surface area contributed by atoms with E-state index in [2.05, 4.69) is 12.2 Å². The third-order valence-electron chi connectivity index (χ3n) is 3.77. The number of hydrogen-bond acceptors (Lipinski definition) is 3. The first-order valence-electron chi connectivity index (χ1n) is 7.38. The molecule has 1 heterocycles. The molecule has 0 aliphatic heterocycles. The normalized spacial score (nSPS) is 17.8. The summed E-state index contributed by atoms with van der Waals surface area (Å²) in [6, 6.07) is 6.04. The number of fused-ring (bicyclic) bond motifs is 1. The number of nitrogens with one attached hydrogen (secondary N) is 1. The second-order valence-corrected chi connectivity index (χ2v) is 7.17.